The minimum atomic E-state index is -0.265. The van der Waals surface area contributed by atoms with Crippen molar-refractivity contribution in [2.45, 2.75) is 25.9 Å². The van der Waals surface area contributed by atoms with Gasteiger partial charge in [0.15, 0.2) is 0 Å². The quantitative estimate of drug-likeness (QED) is 0.733. The first-order valence-corrected chi connectivity index (χ1v) is 5.61. The van der Waals surface area contributed by atoms with Crippen molar-refractivity contribution in [3.63, 3.8) is 0 Å². The van der Waals surface area contributed by atoms with Crippen molar-refractivity contribution in [2.75, 3.05) is 13.2 Å². The lowest BCUT2D eigenvalue weighted by Crippen LogP contribution is -2.17. The summed E-state index contributed by atoms with van der Waals surface area (Å²) in [7, 11) is 0. The van der Waals surface area contributed by atoms with E-state index in [9.17, 15) is 4.79 Å². The van der Waals surface area contributed by atoms with Crippen molar-refractivity contribution >= 4 is 5.97 Å². The lowest BCUT2D eigenvalue weighted by atomic mass is 10.1. The van der Waals surface area contributed by atoms with Crippen LogP contribution in [0.3, 0.4) is 0 Å². The molecule has 0 spiro atoms. The Hall–Kier alpha value is -1.35. The highest BCUT2D eigenvalue weighted by molar-refractivity contribution is 5.89. The number of ether oxygens (including phenoxy) is 2. The molecule has 0 amide bonds. The molecule has 0 saturated carbocycles. The zero-order valence-electron chi connectivity index (χ0n) is 9.44. The van der Waals surface area contributed by atoms with Crippen molar-refractivity contribution in [3.8, 4) is 0 Å². The van der Waals surface area contributed by atoms with Gasteiger partial charge < -0.3 is 9.47 Å². The Labute approximate surface area is 95.4 Å². The molecule has 1 fully saturated rings. The van der Waals surface area contributed by atoms with Crippen LogP contribution in [0.25, 0.3) is 0 Å². The Balaban J connectivity index is 1.87. The number of esters is 1. The van der Waals surface area contributed by atoms with E-state index in [0.29, 0.717) is 12.2 Å². The third kappa shape index (κ3) is 2.83. The number of benzene rings is 1. The van der Waals surface area contributed by atoms with Crippen LogP contribution in [0.5, 0.6) is 0 Å². The largest absolute Gasteiger partial charge is 0.459 e. The molecule has 0 aliphatic carbocycles. The summed E-state index contributed by atoms with van der Waals surface area (Å²) in [5.74, 6) is -0.265. The Morgan fingerprint density at radius 1 is 1.56 bits per heavy atom. The standard InChI is InChI=1S/C13H16O3/c1-10-4-2-5-11(8-10)13(14)16-9-12-6-3-7-15-12/h2,4-5,8,12H,3,6-7,9H2,1H3. The van der Waals surface area contributed by atoms with Gasteiger partial charge in [0.05, 0.1) is 11.7 Å². The monoisotopic (exact) mass is 220 g/mol. The van der Waals surface area contributed by atoms with Crippen LogP contribution in [-0.2, 0) is 9.47 Å². The zero-order chi connectivity index (χ0) is 11.4. The Kier molecular flexibility index (Phi) is 3.57. The molecule has 16 heavy (non-hydrogen) atoms. The summed E-state index contributed by atoms with van der Waals surface area (Å²) in [6.07, 6.45) is 2.14. The number of hydrogen-bond donors (Lipinski definition) is 0. The van der Waals surface area contributed by atoms with E-state index in [-0.39, 0.29) is 12.1 Å². The smallest absolute Gasteiger partial charge is 0.338 e. The molecule has 1 aromatic carbocycles. The van der Waals surface area contributed by atoms with Crippen LogP contribution in [0.1, 0.15) is 28.8 Å². The first kappa shape index (κ1) is 11.1. The van der Waals surface area contributed by atoms with Crippen LogP contribution in [0.2, 0.25) is 0 Å². The fourth-order valence-corrected chi connectivity index (χ4v) is 1.80. The maximum absolute atomic E-state index is 11.7. The Morgan fingerprint density at radius 2 is 2.44 bits per heavy atom. The van der Waals surface area contributed by atoms with E-state index in [1.807, 2.05) is 25.1 Å². The SMILES string of the molecule is Cc1cccc(C(=O)OCC2CCCO2)c1. The molecule has 0 N–H and O–H groups in total. The second-order valence-corrected chi connectivity index (χ2v) is 4.10. The average Bonchev–Trinajstić information content (AvgIpc) is 2.78. The number of carbonyl (C=O) groups excluding carboxylic acids is 1. The van der Waals surface area contributed by atoms with Gasteiger partial charge in [-0.25, -0.2) is 4.79 Å². The van der Waals surface area contributed by atoms with Gasteiger partial charge in [-0.3, -0.25) is 0 Å². The van der Waals surface area contributed by atoms with Crippen molar-refractivity contribution in [1.29, 1.82) is 0 Å². The molecule has 3 heteroatoms. The molecule has 1 saturated heterocycles. The number of carbonyl (C=O) groups is 1. The fraction of sp³-hybridized carbons (Fsp3) is 0.462. The number of rotatable bonds is 3. The first-order valence-electron chi connectivity index (χ1n) is 5.61. The highest BCUT2D eigenvalue weighted by Gasteiger charge is 2.17. The molecule has 1 aromatic rings. The summed E-state index contributed by atoms with van der Waals surface area (Å²) in [6, 6.07) is 7.41. The van der Waals surface area contributed by atoms with Crippen molar-refractivity contribution in [1.82, 2.24) is 0 Å². The average molecular weight is 220 g/mol. The van der Waals surface area contributed by atoms with Gasteiger partial charge in [0, 0.05) is 6.61 Å². The summed E-state index contributed by atoms with van der Waals surface area (Å²) < 4.78 is 10.6. The van der Waals surface area contributed by atoms with E-state index in [0.717, 1.165) is 25.0 Å². The van der Waals surface area contributed by atoms with Crippen LogP contribution >= 0.6 is 0 Å². The number of aryl methyl sites for hydroxylation is 1. The topological polar surface area (TPSA) is 35.5 Å². The van der Waals surface area contributed by atoms with E-state index < -0.39 is 0 Å². The maximum Gasteiger partial charge on any atom is 0.338 e. The van der Waals surface area contributed by atoms with Crippen LogP contribution < -0.4 is 0 Å². The third-order valence-electron chi connectivity index (χ3n) is 2.68. The van der Waals surface area contributed by atoms with E-state index in [4.69, 9.17) is 9.47 Å². The van der Waals surface area contributed by atoms with E-state index in [1.54, 1.807) is 6.07 Å². The predicted molar refractivity (Wildman–Crippen MR) is 60.4 cm³/mol. The van der Waals surface area contributed by atoms with Gasteiger partial charge in [0.2, 0.25) is 0 Å². The number of hydrogen-bond acceptors (Lipinski definition) is 3. The van der Waals surface area contributed by atoms with Gasteiger partial charge in [-0.1, -0.05) is 17.7 Å². The molecule has 86 valence electrons. The first-order chi connectivity index (χ1) is 7.75. The van der Waals surface area contributed by atoms with Crippen molar-refractivity contribution < 1.29 is 14.3 Å². The zero-order valence-corrected chi connectivity index (χ0v) is 9.44. The van der Waals surface area contributed by atoms with Crippen molar-refractivity contribution in [3.05, 3.63) is 35.4 Å². The summed E-state index contributed by atoms with van der Waals surface area (Å²) in [4.78, 5) is 11.7. The molecule has 3 nitrogen and oxygen atoms in total. The van der Waals surface area contributed by atoms with Gasteiger partial charge in [-0.15, -0.1) is 0 Å². The second-order valence-electron chi connectivity index (χ2n) is 4.10. The molecule has 1 unspecified atom stereocenters. The predicted octanol–water partition coefficient (Wildman–Crippen LogP) is 2.33. The summed E-state index contributed by atoms with van der Waals surface area (Å²) in [5, 5.41) is 0. The van der Waals surface area contributed by atoms with Crippen LogP contribution in [0.15, 0.2) is 24.3 Å². The van der Waals surface area contributed by atoms with E-state index in [1.165, 1.54) is 0 Å². The molecule has 1 aliphatic heterocycles. The van der Waals surface area contributed by atoms with Gasteiger partial charge in [-0.2, -0.15) is 0 Å². The maximum atomic E-state index is 11.7. The van der Waals surface area contributed by atoms with E-state index >= 15 is 0 Å². The summed E-state index contributed by atoms with van der Waals surface area (Å²) >= 11 is 0. The molecule has 0 bridgehead atoms. The third-order valence-corrected chi connectivity index (χ3v) is 2.68. The van der Waals surface area contributed by atoms with Gasteiger partial charge in [-0.05, 0) is 31.9 Å². The molecule has 0 radical (unpaired) electrons. The van der Waals surface area contributed by atoms with Gasteiger partial charge in [0.1, 0.15) is 6.61 Å². The van der Waals surface area contributed by atoms with Crippen LogP contribution in [0.4, 0.5) is 0 Å². The minimum absolute atomic E-state index is 0.0914. The minimum Gasteiger partial charge on any atom is -0.459 e. The molecular formula is C13H16O3. The second kappa shape index (κ2) is 5.12. The molecule has 1 heterocycles. The highest BCUT2D eigenvalue weighted by Crippen LogP contribution is 2.13. The highest BCUT2D eigenvalue weighted by atomic mass is 16.6. The van der Waals surface area contributed by atoms with E-state index in [2.05, 4.69) is 0 Å². The van der Waals surface area contributed by atoms with Gasteiger partial charge in [0.25, 0.3) is 0 Å². The Bertz CT molecular complexity index is 367. The van der Waals surface area contributed by atoms with Crippen LogP contribution in [-0.4, -0.2) is 25.3 Å². The molecular weight excluding hydrogens is 204 g/mol. The molecule has 1 atom stereocenters. The lowest BCUT2D eigenvalue weighted by Gasteiger charge is -2.10. The van der Waals surface area contributed by atoms with Gasteiger partial charge >= 0.3 is 5.97 Å². The summed E-state index contributed by atoms with van der Waals surface area (Å²) in [6.45, 7) is 3.11. The molecule has 1 aliphatic rings. The Morgan fingerprint density at radius 3 is 3.12 bits per heavy atom. The normalized spacial score (nSPS) is 19.7. The lowest BCUT2D eigenvalue weighted by molar-refractivity contribution is 0.0161. The summed E-state index contributed by atoms with van der Waals surface area (Å²) in [5.41, 5.74) is 1.67. The van der Waals surface area contributed by atoms with Crippen LogP contribution in [0, 0.1) is 6.92 Å². The fourth-order valence-electron chi connectivity index (χ4n) is 1.80. The molecule has 0 aromatic heterocycles. The van der Waals surface area contributed by atoms with Crippen molar-refractivity contribution in [2.24, 2.45) is 0 Å². The molecule has 2 rings (SSSR count).